The molecule has 2 unspecified atom stereocenters. The van der Waals surface area contributed by atoms with Crippen LogP contribution in [0.15, 0.2) is 6.20 Å². The fourth-order valence-corrected chi connectivity index (χ4v) is 2.46. The molecule has 2 N–H and O–H groups in total. The smallest absolute Gasteiger partial charge is 0.257 e. The van der Waals surface area contributed by atoms with E-state index in [4.69, 9.17) is 5.73 Å². The van der Waals surface area contributed by atoms with Gasteiger partial charge in [0, 0.05) is 25.3 Å². The lowest BCUT2D eigenvalue weighted by molar-refractivity contribution is 0.0742. The van der Waals surface area contributed by atoms with Crippen LogP contribution in [0.1, 0.15) is 29.4 Å². The maximum Gasteiger partial charge on any atom is 0.257 e. The van der Waals surface area contributed by atoms with Crippen LogP contribution in [0.5, 0.6) is 0 Å². The van der Waals surface area contributed by atoms with Crippen molar-refractivity contribution in [2.75, 3.05) is 13.1 Å². The first-order chi connectivity index (χ1) is 8.04. The molecule has 2 atom stereocenters. The molecule has 0 saturated carbocycles. The molecular weight excluding hydrogens is 216 g/mol. The highest BCUT2D eigenvalue weighted by molar-refractivity contribution is 5.95. The number of hydrogen-bond donors (Lipinski definition) is 1. The van der Waals surface area contributed by atoms with Crippen molar-refractivity contribution in [3.05, 3.63) is 17.5 Å². The maximum atomic E-state index is 12.4. The topological polar surface area (TPSA) is 64.2 Å². The zero-order valence-corrected chi connectivity index (χ0v) is 10.7. The Morgan fingerprint density at radius 3 is 2.82 bits per heavy atom. The predicted molar refractivity (Wildman–Crippen MR) is 65.6 cm³/mol. The van der Waals surface area contributed by atoms with E-state index in [0.29, 0.717) is 18.0 Å². The van der Waals surface area contributed by atoms with E-state index in [9.17, 15) is 4.79 Å². The lowest BCUT2D eigenvalue weighted by Gasteiger charge is -2.21. The molecule has 0 bridgehead atoms. The Morgan fingerprint density at radius 1 is 1.65 bits per heavy atom. The molecule has 94 valence electrons. The van der Waals surface area contributed by atoms with E-state index in [0.717, 1.165) is 18.7 Å². The van der Waals surface area contributed by atoms with Crippen LogP contribution < -0.4 is 5.73 Å². The van der Waals surface area contributed by atoms with Crippen LogP contribution in [0.4, 0.5) is 0 Å². The Bertz CT molecular complexity index is 426. The lowest BCUT2D eigenvalue weighted by Crippen LogP contribution is -2.34. The molecule has 1 aromatic heterocycles. The number of hydrogen-bond acceptors (Lipinski definition) is 3. The summed E-state index contributed by atoms with van der Waals surface area (Å²) in [5, 5.41) is 4.12. The molecule has 1 amide bonds. The summed E-state index contributed by atoms with van der Waals surface area (Å²) < 4.78 is 1.73. The van der Waals surface area contributed by atoms with Gasteiger partial charge in [0.25, 0.3) is 5.91 Å². The monoisotopic (exact) mass is 236 g/mol. The number of amides is 1. The summed E-state index contributed by atoms with van der Waals surface area (Å²) in [5.41, 5.74) is 7.30. The highest BCUT2D eigenvalue weighted by atomic mass is 16.2. The van der Waals surface area contributed by atoms with Gasteiger partial charge in [-0.3, -0.25) is 9.48 Å². The number of nitrogens with two attached hydrogens (primary N) is 1. The van der Waals surface area contributed by atoms with Gasteiger partial charge < -0.3 is 10.6 Å². The van der Waals surface area contributed by atoms with E-state index in [1.54, 1.807) is 10.9 Å². The first kappa shape index (κ1) is 12.1. The molecule has 2 heterocycles. The molecule has 0 radical (unpaired) electrons. The van der Waals surface area contributed by atoms with E-state index in [1.165, 1.54) is 0 Å². The van der Waals surface area contributed by atoms with Crippen LogP contribution in [0, 0.1) is 12.8 Å². The van der Waals surface area contributed by atoms with Gasteiger partial charge in [0.1, 0.15) is 0 Å². The Kier molecular flexibility index (Phi) is 3.19. The van der Waals surface area contributed by atoms with Crippen LogP contribution in [0.25, 0.3) is 0 Å². The summed E-state index contributed by atoms with van der Waals surface area (Å²) in [5.74, 6) is 0.518. The molecule has 1 fully saturated rings. The highest BCUT2D eigenvalue weighted by Gasteiger charge is 2.33. The second kappa shape index (κ2) is 4.49. The number of aromatic nitrogens is 2. The number of carbonyl (C=O) groups excluding carboxylic acids is 1. The van der Waals surface area contributed by atoms with Gasteiger partial charge in [-0.2, -0.15) is 5.10 Å². The predicted octanol–water partition coefficient (Wildman–Crippen LogP) is 0.538. The van der Waals surface area contributed by atoms with Crippen molar-refractivity contribution in [1.29, 1.82) is 0 Å². The van der Waals surface area contributed by atoms with E-state index in [1.807, 2.05) is 18.9 Å². The fourth-order valence-electron chi connectivity index (χ4n) is 2.46. The van der Waals surface area contributed by atoms with Crippen molar-refractivity contribution in [1.82, 2.24) is 14.7 Å². The van der Waals surface area contributed by atoms with Crippen LogP contribution in [0.2, 0.25) is 0 Å². The SMILES string of the molecule is Cc1c(C(=O)N2CC(CN)CC2C)cnn1C. The second-order valence-electron chi connectivity index (χ2n) is 4.91. The third-order valence-electron chi connectivity index (χ3n) is 3.72. The molecule has 0 aromatic carbocycles. The molecule has 5 nitrogen and oxygen atoms in total. The van der Waals surface area contributed by atoms with E-state index in [2.05, 4.69) is 12.0 Å². The summed E-state index contributed by atoms with van der Waals surface area (Å²) in [6.45, 7) is 5.42. The third kappa shape index (κ3) is 2.07. The fraction of sp³-hybridized carbons (Fsp3) is 0.667. The van der Waals surface area contributed by atoms with Crippen molar-refractivity contribution in [3.63, 3.8) is 0 Å². The standard InChI is InChI=1S/C12H20N4O/c1-8-4-10(5-13)7-16(8)12(17)11-6-14-15(3)9(11)2/h6,8,10H,4-5,7,13H2,1-3H3. The Hall–Kier alpha value is -1.36. The minimum Gasteiger partial charge on any atom is -0.335 e. The number of likely N-dealkylation sites (tertiary alicyclic amines) is 1. The molecule has 17 heavy (non-hydrogen) atoms. The quantitative estimate of drug-likeness (QED) is 0.815. The number of aryl methyl sites for hydroxylation is 1. The summed E-state index contributed by atoms with van der Waals surface area (Å²) in [6, 6.07) is 0.274. The normalized spacial score (nSPS) is 24.4. The van der Waals surface area contributed by atoms with Gasteiger partial charge in [0.05, 0.1) is 11.8 Å². The van der Waals surface area contributed by atoms with Crippen LogP contribution in [-0.2, 0) is 7.05 Å². The van der Waals surface area contributed by atoms with Crippen molar-refractivity contribution in [2.24, 2.45) is 18.7 Å². The average molecular weight is 236 g/mol. The van der Waals surface area contributed by atoms with Crippen molar-refractivity contribution >= 4 is 5.91 Å². The van der Waals surface area contributed by atoms with Crippen molar-refractivity contribution in [2.45, 2.75) is 26.3 Å². The minimum absolute atomic E-state index is 0.0825. The molecule has 1 saturated heterocycles. The number of rotatable bonds is 2. The number of nitrogens with zero attached hydrogens (tertiary/aromatic N) is 3. The molecular formula is C12H20N4O. The molecule has 5 heteroatoms. The van der Waals surface area contributed by atoms with Crippen LogP contribution in [-0.4, -0.2) is 39.7 Å². The van der Waals surface area contributed by atoms with E-state index < -0.39 is 0 Å². The van der Waals surface area contributed by atoms with Gasteiger partial charge in [0.15, 0.2) is 0 Å². The zero-order valence-electron chi connectivity index (χ0n) is 10.7. The maximum absolute atomic E-state index is 12.4. The van der Waals surface area contributed by atoms with Gasteiger partial charge in [-0.15, -0.1) is 0 Å². The van der Waals surface area contributed by atoms with Gasteiger partial charge in [-0.1, -0.05) is 0 Å². The highest BCUT2D eigenvalue weighted by Crippen LogP contribution is 2.24. The van der Waals surface area contributed by atoms with Gasteiger partial charge in [0.2, 0.25) is 0 Å². The summed E-state index contributed by atoms with van der Waals surface area (Å²) in [6.07, 6.45) is 2.65. The molecule has 1 aromatic rings. The molecule has 2 rings (SSSR count). The molecule has 1 aliphatic heterocycles. The van der Waals surface area contributed by atoms with Crippen LogP contribution in [0.3, 0.4) is 0 Å². The van der Waals surface area contributed by atoms with E-state index >= 15 is 0 Å². The summed E-state index contributed by atoms with van der Waals surface area (Å²) in [4.78, 5) is 14.3. The van der Waals surface area contributed by atoms with Gasteiger partial charge in [-0.05, 0) is 32.7 Å². The van der Waals surface area contributed by atoms with E-state index in [-0.39, 0.29) is 11.9 Å². The minimum atomic E-state index is 0.0825. The summed E-state index contributed by atoms with van der Waals surface area (Å²) in [7, 11) is 1.85. The van der Waals surface area contributed by atoms with Crippen molar-refractivity contribution < 1.29 is 4.79 Å². The largest absolute Gasteiger partial charge is 0.335 e. The van der Waals surface area contributed by atoms with Crippen LogP contribution >= 0.6 is 0 Å². The van der Waals surface area contributed by atoms with Gasteiger partial charge in [-0.25, -0.2) is 0 Å². The second-order valence-corrected chi connectivity index (χ2v) is 4.91. The first-order valence-corrected chi connectivity index (χ1v) is 6.04. The Balaban J connectivity index is 2.18. The third-order valence-corrected chi connectivity index (χ3v) is 3.72. The lowest BCUT2D eigenvalue weighted by atomic mass is 10.1. The molecule has 1 aliphatic rings. The number of carbonyl (C=O) groups is 1. The zero-order chi connectivity index (χ0) is 12.6. The average Bonchev–Trinajstić information content (AvgIpc) is 2.83. The summed E-state index contributed by atoms with van der Waals surface area (Å²) >= 11 is 0. The molecule has 0 spiro atoms. The first-order valence-electron chi connectivity index (χ1n) is 6.04. The Morgan fingerprint density at radius 2 is 2.35 bits per heavy atom. The molecule has 0 aliphatic carbocycles. The Labute approximate surface area is 102 Å². The van der Waals surface area contributed by atoms with Gasteiger partial charge >= 0.3 is 0 Å². The van der Waals surface area contributed by atoms with Crippen molar-refractivity contribution in [3.8, 4) is 0 Å².